The van der Waals surface area contributed by atoms with E-state index in [1.165, 1.54) is 44.2 Å². The van der Waals surface area contributed by atoms with Gasteiger partial charge in [0.1, 0.15) is 11.3 Å². The molecule has 0 amide bonds. The van der Waals surface area contributed by atoms with E-state index in [4.69, 9.17) is 4.42 Å². The van der Waals surface area contributed by atoms with Crippen LogP contribution in [0.15, 0.2) is 229 Å². The van der Waals surface area contributed by atoms with Crippen molar-refractivity contribution in [3.63, 3.8) is 0 Å². The molecule has 1 aromatic heterocycles. The number of furan rings is 1. The zero-order valence-electron chi connectivity index (χ0n) is 30.7. The molecule has 0 aliphatic heterocycles. The maximum Gasteiger partial charge on any atom is 0.135 e. The molecule has 0 saturated heterocycles. The van der Waals surface area contributed by atoms with E-state index in [2.05, 4.69) is 211 Å². The van der Waals surface area contributed by atoms with Crippen molar-refractivity contribution in [3.8, 4) is 55.8 Å². The van der Waals surface area contributed by atoms with Crippen LogP contribution in [-0.2, 0) is 0 Å². The van der Waals surface area contributed by atoms with Gasteiger partial charge >= 0.3 is 0 Å². The van der Waals surface area contributed by atoms with Crippen molar-refractivity contribution in [2.45, 2.75) is 0 Å². The molecule has 0 atom stereocenters. The monoisotopic (exact) mass is 715 g/mol. The second-order valence-corrected chi connectivity index (χ2v) is 14.2. The summed E-state index contributed by atoms with van der Waals surface area (Å²) in [5, 5.41) is 3.62. The molecule has 0 bridgehead atoms. The standard InChI is InChI=1S/C54H37NO/c1-2-11-38(12-3-1)39-23-29-48(30-24-39)55(50-33-27-41(28-34-50)44-17-9-19-46(36-44)54-37-47-14-5-7-22-53(47)56-54)49-31-25-40(26-32-49)43-16-8-18-45(35-43)52-21-10-15-42-13-4-6-20-51(42)52/h1-37H. The normalized spacial score (nSPS) is 11.2. The molecule has 1 heterocycles. The van der Waals surface area contributed by atoms with Crippen molar-refractivity contribution in [2.75, 3.05) is 4.90 Å². The minimum atomic E-state index is 0.874. The summed E-state index contributed by atoms with van der Waals surface area (Å²) < 4.78 is 6.20. The predicted octanol–water partition coefficient (Wildman–Crippen LogP) is 15.4. The summed E-state index contributed by atoms with van der Waals surface area (Å²) >= 11 is 0. The molecule has 10 aromatic rings. The van der Waals surface area contributed by atoms with Gasteiger partial charge in [-0.3, -0.25) is 0 Å². The number of para-hydroxylation sites is 1. The molecule has 0 radical (unpaired) electrons. The fraction of sp³-hybridized carbons (Fsp3) is 0. The lowest BCUT2D eigenvalue weighted by atomic mass is 9.95. The number of hydrogen-bond donors (Lipinski definition) is 0. The largest absolute Gasteiger partial charge is 0.456 e. The van der Waals surface area contributed by atoms with Crippen LogP contribution in [0.25, 0.3) is 77.6 Å². The zero-order chi connectivity index (χ0) is 37.3. The molecule has 0 saturated carbocycles. The van der Waals surface area contributed by atoms with E-state index in [0.717, 1.165) is 50.5 Å². The second-order valence-electron chi connectivity index (χ2n) is 14.2. The van der Waals surface area contributed by atoms with Crippen LogP contribution in [0, 0.1) is 0 Å². The van der Waals surface area contributed by atoms with Crippen LogP contribution >= 0.6 is 0 Å². The Balaban J connectivity index is 0.989. The Kier molecular flexibility index (Phi) is 8.55. The van der Waals surface area contributed by atoms with Gasteiger partial charge in [-0.25, -0.2) is 0 Å². The molecule has 9 aromatic carbocycles. The fourth-order valence-corrected chi connectivity index (χ4v) is 7.81. The molecule has 2 heteroatoms. The van der Waals surface area contributed by atoms with Crippen molar-refractivity contribution < 1.29 is 4.42 Å². The number of hydrogen-bond acceptors (Lipinski definition) is 2. The number of benzene rings is 9. The van der Waals surface area contributed by atoms with Gasteiger partial charge in [-0.15, -0.1) is 0 Å². The van der Waals surface area contributed by atoms with Crippen molar-refractivity contribution >= 4 is 38.8 Å². The summed E-state index contributed by atoms with van der Waals surface area (Å²) in [6, 6.07) is 80.1. The van der Waals surface area contributed by atoms with Gasteiger partial charge in [-0.1, -0.05) is 164 Å². The SMILES string of the molecule is c1ccc(-c2ccc(N(c3ccc(-c4cccc(-c5cc6ccccc6o5)c4)cc3)c3ccc(-c4cccc(-c5cccc6ccccc56)c4)cc3)cc2)cc1. The number of fused-ring (bicyclic) bond motifs is 2. The van der Waals surface area contributed by atoms with Crippen LogP contribution in [-0.4, -0.2) is 0 Å². The third kappa shape index (κ3) is 6.44. The highest BCUT2D eigenvalue weighted by Gasteiger charge is 2.15. The molecular weight excluding hydrogens is 679 g/mol. The molecule has 56 heavy (non-hydrogen) atoms. The van der Waals surface area contributed by atoms with Gasteiger partial charge in [-0.05, 0) is 116 Å². The first-order valence-corrected chi connectivity index (χ1v) is 19.1. The Hall–Kier alpha value is -7.42. The van der Waals surface area contributed by atoms with Crippen LogP contribution < -0.4 is 4.90 Å². The van der Waals surface area contributed by atoms with Crippen LogP contribution in [0.3, 0.4) is 0 Å². The van der Waals surface area contributed by atoms with Crippen molar-refractivity contribution in [2.24, 2.45) is 0 Å². The van der Waals surface area contributed by atoms with Crippen LogP contribution in [0.4, 0.5) is 17.1 Å². The molecule has 10 rings (SSSR count). The molecule has 0 aliphatic rings. The first kappa shape index (κ1) is 33.2. The van der Waals surface area contributed by atoms with Crippen molar-refractivity contribution in [3.05, 3.63) is 224 Å². The maximum atomic E-state index is 6.20. The fourth-order valence-electron chi connectivity index (χ4n) is 7.81. The molecule has 0 fully saturated rings. The maximum absolute atomic E-state index is 6.20. The summed E-state index contributed by atoms with van der Waals surface area (Å²) in [5.74, 6) is 0.874. The van der Waals surface area contributed by atoms with Gasteiger partial charge in [0.05, 0.1) is 0 Å². The van der Waals surface area contributed by atoms with Gasteiger partial charge < -0.3 is 9.32 Å². The quantitative estimate of drug-likeness (QED) is 0.156. The Morgan fingerprint density at radius 3 is 1.38 bits per heavy atom. The third-order valence-electron chi connectivity index (χ3n) is 10.7. The Labute approximate surface area is 327 Å². The lowest BCUT2D eigenvalue weighted by molar-refractivity contribution is 0.631. The van der Waals surface area contributed by atoms with E-state index in [-0.39, 0.29) is 0 Å². The Morgan fingerprint density at radius 1 is 0.286 bits per heavy atom. The Bertz CT molecular complexity index is 2900. The highest BCUT2D eigenvalue weighted by molar-refractivity contribution is 5.97. The first-order chi connectivity index (χ1) is 27.7. The van der Waals surface area contributed by atoms with Crippen LogP contribution in [0.5, 0.6) is 0 Å². The van der Waals surface area contributed by atoms with Crippen molar-refractivity contribution in [1.29, 1.82) is 0 Å². The van der Waals surface area contributed by atoms with E-state index in [0.29, 0.717) is 0 Å². The highest BCUT2D eigenvalue weighted by atomic mass is 16.3. The van der Waals surface area contributed by atoms with Gasteiger partial charge in [0, 0.05) is 28.0 Å². The smallest absolute Gasteiger partial charge is 0.135 e. The average Bonchev–Trinajstić information content (AvgIpc) is 3.72. The molecular formula is C54H37NO. The van der Waals surface area contributed by atoms with Gasteiger partial charge in [-0.2, -0.15) is 0 Å². The summed E-state index contributed by atoms with van der Waals surface area (Å²) in [7, 11) is 0. The zero-order valence-corrected chi connectivity index (χ0v) is 30.7. The summed E-state index contributed by atoms with van der Waals surface area (Å²) in [5.41, 5.74) is 14.7. The van der Waals surface area contributed by atoms with E-state index in [9.17, 15) is 0 Å². The lowest BCUT2D eigenvalue weighted by Crippen LogP contribution is -2.09. The molecule has 2 nitrogen and oxygen atoms in total. The minimum Gasteiger partial charge on any atom is -0.456 e. The topological polar surface area (TPSA) is 16.4 Å². The molecule has 0 N–H and O–H groups in total. The minimum absolute atomic E-state index is 0.874. The van der Waals surface area contributed by atoms with Gasteiger partial charge in [0.15, 0.2) is 0 Å². The van der Waals surface area contributed by atoms with Crippen LogP contribution in [0.2, 0.25) is 0 Å². The first-order valence-electron chi connectivity index (χ1n) is 19.1. The summed E-state index contributed by atoms with van der Waals surface area (Å²) in [6.45, 7) is 0. The van der Waals surface area contributed by atoms with E-state index in [1.54, 1.807) is 0 Å². The summed E-state index contributed by atoms with van der Waals surface area (Å²) in [4.78, 5) is 2.33. The average molecular weight is 716 g/mol. The Morgan fingerprint density at radius 2 is 0.732 bits per heavy atom. The van der Waals surface area contributed by atoms with Gasteiger partial charge in [0.25, 0.3) is 0 Å². The van der Waals surface area contributed by atoms with Crippen molar-refractivity contribution in [1.82, 2.24) is 0 Å². The molecule has 264 valence electrons. The summed E-state index contributed by atoms with van der Waals surface area (Å²) in [6.07, 6.45) is 0. The molecule has 0 unspecified atom stereocenters. The second kappa shape index (κ2) is 14.4. The van der Waals surface area contributed by atoms with E-state index >= 15 is 0 Å². The number of rotatable bonds is 8. The molecule has 0 aliphatic carbocycles. The number of nitrogens with zero attached hydrogens (tertiary/aromatic N) is 1. The number of anilines is 3. The van der Waals surface area contributed by atoms with E-state index in [1.807, 2.05) is 18.2 Å². The van der Waals surface area contributed by atoms with Crippen LogP contribution in [0.1, 0.15) is 0 Å². The van der Waals surface area contributed by atoms with E-state index < -0.39 is 0 Å². The lowest BCUT2D eigenvalue weighted by Gasteiger charge is -2.26. The van der Waals surface area contributed by atoms with Gasteiger partial charge in [0.2, 0.25) is 0 Å². The third-order valence-corrected chi connectivity index (χ3v) is 10.7. The molecule has 0 spiro atoms. The highest BCUT2D eigenvalue weighted by Crippen LogP contribution is 2.39. The predicted molar refractivity (Wildman–Crippen MR) is 236 cm³/mol.